The number of hydrogen-bond acceptors (Lipinski definition) is 3. The molecule has 1 aliphatic rings. The topological polar surface area (TPSA) is 63.4 Å². The minimum absolute atomic E-state index is 0.0580. The molecule has 0 spiro atoms. The number of nitrogens with two attached hydrogens (primary N) is 1. The van der Waals surface area contributed by atoms with Gasteiger partial charge in [0.05, 0.1) is 10.0 Å². The van der Waals surface area contributed by atoms with Gasteiger partial charge in [-0.05, 0) is 30.9 Å². The average molecular weight is 309 g/mol. The number of hydrogen-bond donors (Lipinski definition) is 1. The molecule has 0 saturated heterocycles. The lowest BCUT2D eigenvalue weighted by Gasteiger charge is -2.18. The summed E-state index contributed by atoms with van der Waals surface area (Å²) in [6.45, 7) is 0.499. The second-order valence-corrected chi connectivity index (χ2v) is 7.34. The maximum atomic E-state index is 12.4. The summed E-state index contributed by atoms with van der Waals surface area (Å²) in [6, 6.07) is 2.79. The fraction of sp³-hybridized carbons (Fsp3) is 0.455. The molecule has 0 unspecified atom stereocenters. The van der Waals surface area contributed by atoms with Gasteiger partial charge in [-0.2, -0.15) is 0 Å². The van der Waals surface area contributed by atoms with Crippen LogP contribution in [0.1, 0.15) is 12.8 Å². The van der Waals surface area contributed by atoms with Gasteiger partial charge < -0.3 is 5.73 Å². The fourth-order valence-electron chi connectivity index (χ4n) is 1.74. The molecule has 4 nitrogen and oxygen atoms in total. The Balaban J connectivity index is 2.39. The Morgan fingerprint density at radius 3 is 2.28 bits per heavy atom. The van der Waals surface area contributed by atoms with E-state index in [9.17, 15) is 8.42 Å². The normalized spacial score (nSPS) is 16.2. The van der Waals surface area contributed by atoms with Crippen LogP contribution in [0.2, 0.25) is 10.0 Å². The van der Waals surface area contributed by atoms with E-state index in [0.29, 0.717) is 18.2 Å². The van der Waals surface area contributed by atoms with Crippen LogP contribution in [0.3, 0.4) is 0 Å². The van der Waals surface area contributed by atoms with Crippen molar-refractivity contribution in [1.82, 2.24) is 4.31 Å². The number of halogens is 2. The van der Waals surface area contributed by atoms with E-state index < -0.39 is 10.0 Å². The third kappa shape index (κ3) is 2.74. The van der Waals surface area contributed by atoms with Crippen molar-refractivity contribution in [3.8, 4) is 0 Å². The first-order valence-corrected chi connectivity index (χ1v) is 7.73. The summed E-state index contributed by atoms with van der Waals surface area (Å²) in [7, 11) is -2.12. The van der Waals surface area contributed by atoms with Gasteiger partial charge in [0.15, 0.2) is 0 Å². The first-order chi connectivity index (χ1) is 8.32. The molecule has 1 fully saturated rings. The Morgan fingerprint density at radius 1 is 1.33 bits per heavy atom. The van der Waals surface area contributed by atoms with Gasteiger partial charge in [-0.3, -0.25) is 0 Å². The Bertz CT molecular complexity index is 547. The van der Waals surface area contributed by atoms with E-state index >= 15 is 0 Å². The fourth-order valence-corrected chi connectivity index (χ4v) is 4.16. The van der Waals surface area contributed by atoms with Crippen LogP contribution >= 0.6 is 23.2 Å². The van der Waals surface area contributed by atoms with Gasteiger partial charge in [-0.1, -0.05) is 23.2 Å². The van der Waals surface area contributed by atoms with E-state index in [-0.39, 0.29) is 14.9 Å². The number of benzene rings is 1. The summed E-state index contributed by atoms with van der Waals surface area (Å²) in [5.74, 6) is 0.455. The molecule has 1 aliphatic carbocycles. The molecule has 0 amide bonds. The van der Waals surface area contributed by atoms with Crippen molar-refractivity contribution in [1.29, 1.82) is 0 Å². The van der Waals surface area contributed by atoms with Crippen LogP contribution in [0, 0.1) is 5.92 Å². The van der Waals surface area contributed by atoms with E-state index in [1.165, 1.54) is 23.5 Å². The van der Waals surface area contributed by atoms with Gasteiger partial charge >= 0.3 is 0 Å². The zero-order chi connectivity index (χ0) is 13.5. The molecule has 0 heterocycles. The molecule has 7 heteroatoms. The Kier molecular flexibility index (Phi) is 3.78. The molecule has 100 valence electrons. The van der Waals surface area contributed by atoms with E-state index in [2.05, 4.69) is 0 Å². The van der Waals surface area contributed by atoms with Gasteiger partial charge in [-0.15, -0.1) is 0 Å². The molecule has 0 bridgehead atoms. The van der Waals surface area contributed by atoms with E-state index in [1.54, 1.807) is 0 Å². The quantitative estimate of drug-likeness (QED) is 0.870. The maximum Gasteiger partial charge on any atom is 0.245 e. The Labute approximate surface area is 117 Å². The van der Waals surface area contributed by atoms with Crippen LogP contribution in [-0.4, -0.2) is 26.3 Å². The highest BCUT2D eigenvalue weighted by Gasteiger charge is 2.31. The predicted molar refractivity (Wildman–Crippen MR) is 73.4 cm³/mol. The van der Waals surface area contributed by atoms with E-state index in [1.807, 2.05) is 0 Å². The molecule has 0 radical (unpaired) electrons. The molecule has 1 saturated carbocycles. The lowest BCUT2D eigenvalue weighted by Crippen LogP contribution is -2.29. The van der Waals surface area contributed by atoms with Crippen LogP contribution in [0.5, 0.6) is 0 Å². The van der Waals surface area contributed by atoms with E-state index in [4.69, 9.17) is 28.9 Å². The Morgan fingerprint density at radius 2 is 1.83 bits per heavy atom. The smallest absolute Gasteiger partial charge is 0.245 e. The molecular formula is C11H14Cl2N2O2S. The highest BCUT2D eigenvalue weighted by Crippen LogP contribution is 2.36. The molecule has 18 heavy (non-hydrogen) atoms. The molecule has 1 aromatic carbocycles. The molecule has 2 rings (SSSR count). The van der Waals surface area contributed by atoms with Gasteiger partial charge in [-0.25, -0.2) is 12.7 Å². The molecule has 0 aromatic heterocycles. The zero-order valence-corrected chi connectivity index (χ0v) is 12.2. The van der Waals surface area contributed by atoms with Gasteiger partial charge in [0.1, 0.15) is 4.90 Å². The summed E-state index contributed by atoms with van der Waals surface area (Å²) in [5, 5.41) is 0.116. The first-order valence-electron chi connectivity index (χ1n) is 5.53. The second kappa shape index (κ2) is 4.89. The predicted octanol–water partition coefficient (Wildman–Crippen LogP) is 2.61. The maximum absolute atomic E-state index is 12.4. The van der Waals surface area contributed by atoms with Crippen molar-refractivity contribution in [2.75, 3.05) is 19.3 Å². The SMILES string of the molecule is CN(CC1CC1)S(=O)(=O)c1c(Cl)cc(N)cc1Cl. The van der Waals surface area contributed by atoms with Crippen molar-refractivity contribution in [2.45, 2.75) is 17.7 Å². The largest absolute Gasteiger partial charge is 0.399 e. The van der Waals surface area contributed by atoms with Crippen molar-refractivity contribution in [3.63, 3.8) is 0 Å². The highest BCUT2D eigenvalue weighted by molar-refractivity contribution is 7.89. The third-order valence-corrected chi connectivity index (χ3v) is 5.65. The molecule has 2 N–H and O–H groups in total. The summed E-state index contributed by atoms with van der Waals surface area (Å²) in [4.78, 5) is -0.0665. The Hall–Kier alpha value is -0.490. The van der Waals surface area contributed by atoms with Crippen molar-refractivity contribution >= 4 is 38.9 Å². The van der Waals surface area contributed by atoms with Crippen LogP contribution in [-0.2, 0) is 10.0 Å². The minimum Gasteiger partial charge on any atom is -0.399 e. The number of anilines is 1. The zero-order valence-electron chi connectivity index (χ0n) is 9.86. The lowest BCUT2D eigenvalue weighted by molar-refractivity contribution is 0.453. The van der Waals surface area contributed by atoms with Gasteiger partial charge in [0, 0.05) is 19.3 Å². The van der Waals surface area contributed by atoms with Crippen molar-refractivity contribution in [2.24, 2.45) is 5.92 Å². The molecular weight excluding hydrogens is 295 g/mol. The van der Waals surface area contributed by atoms with Crippen LogP contribution in [0.4, 0.5) is 5.69 Å². The summed E-state index contributed by atoms with van der Waals surface area (Å²) < 4.78 is 26.0. The van der Waals surface area contributed by atoms with Crippen LogP contribution in [0.15, 0.2) is 17.0 Å². The van der Waals surface area contributed by atoms with Gasteiger partial charge in [0.2, 0.25) is 10.0 Å². The molecule has 0 atom stereocenters. The van der Waals surface area contributed by atoms with E-state index in [0.717, 1.165) is 12.8 Å². The number of rotatable bonds is 4. The number of nitrogen functional groups attached to an aromatic ring is 1. The first kappa shape index (κ1) is 13.9. The van der Waals surface area contributed by atoms with Crippen LogP contribution < -0.4 is 5.73 Å². The van der Waals surface area contributed by atoms with Gasteiger partial charge in [0.25, 0.3) is 0 Å². The lowest BCUT2D eigenvalue weighted by atomic mass is 10.3. The second-order valence-electron chi connectivity index (χ2n) is 4.54. The average Bonchev–Trinajstić information content (AvgIpc) is 2.98. The summed E-state index contributed by atoms with van der Waals surface area (Å²) >= 11 is 11.9. The number of sulfonamides is 1. The standard InChI is InChI=1S/C11H14Cl2N2O2S/c1-15(6-7-2-3-7)18(16,17)11-9(12)4-8(14)5-10(11)13/h4-5,7H,2-3,6,14H2,1H3. The molecule has 1 aromatic rings. The minimum atomic E-state index is -3.66. The van der Waals surface area contributed by atoms with Crippen molar-refractivity contribution < 1.29 is 8.42 Å². The number of nitrogens with zero attached hydrogens (tertiary/aromatic N) is 1. The third-order valence-electron chi connectivity index (χ3n) is 2.90. The summed E-state index contributed by atoms with van der Waals surface area (Å²) in [6.07, 6.45) is 2.14. The van der Waals surface area contributed by atoms with Crippen molar-refractivity contribution in [3.05, 3.63) is 22.2 Å². The van der Waals surface area contributed by atoms with Crippen LogP contribution in [0.25, 0.3) is 0 Å². The summed E-state index contributed by atoms with van der Waals surface area (Å²) in [5.41, 5.74) is 5.90. The monoisotopic (exact) mass is 308 g/mol. The molecule has 0 aliphatic heterocycles. The highest BCUT2D eigenvalue weighted by atomic mass is 35.5.